The number of piperidine rings is 1. The van der Waals surface area contributed by atoms with Crippen LogP contribution in [-0.4, -0.2) is 68.0 Å². The summed E-state index contributed by atoms with van der Waals surface area (Å²) in [4.78, 5) is 14.7. The molecule has 0 radical (unpaired) electrons. The van der Waals surface area contributed by atoms with Crippen LogP contribution in [0.3, 0.4) is 0 Å². The summed E-state index contributed by atoms with van der Waals surface area (Å²) in [6.07, 6.45) is 5.04. The second-order valence-corrected chi connectivity index (χ2v) is 8.80. The Balaban J connectivity index is 1.84. The molecule has 1 N–H and O–H groups in total. The zero-order valence-corrected chi connectivity index (χ0v) is 14.7. The molecule has 0 aromatic carbocycles. The summed E-state index contributed by atoms with van der Waals surface area (Å²) in [6.45, 7) is 7.59. The van der Waals surface area contributed by atoms with E-state index in [1.54, 1.807) is 0 Å². The van der Waals surface area contributed by atoms with Gasteiger partial charge in [-0.1, -0.05) is 6.92 Å². The third-order valence-corrected chi connectivity index (χ3v) is 6.10. The number of sulfonamides is 1. The van der Waals surface area contributed by atoms with Crippen LogP contribution in [-0.2, 0) is 14.8 Å². The molecule has 0 aliphatic carbocycles. The van der Waals surface area contributed by atoms with E-state index in [-0.39, 0.29) is 5.91 Å². The van der Waals surface area contributed by atoms with Gasteiger partial charge >= 0.3 is 0 Å². The number of likely N-dealkylation sites (tertiary alicyclic amines) is 1. The summed E-state index contributed by atoms with van der Waals surface area (Å²) in [5.41, 5.74) is 0. The first kappa shape index (κ1) is 17.7. The second kappa shape index (κ2) is 7.27. The van der Waals surface area contributed by atoms with Crippen LogP contribution in [0.4, 0.5) is 0 Å². The van der Waals surface area contributed by atoms with Crippen LogP contribution in [0.2, 0.25) is 0 Å². The molecule has 2 aliphatic rings. The van der Waals surface area contributed by atoms with Gasteiger partial charge in [-0.25, -0.2) is 8.42 Å². The summed E-state index contributed by atoms with van der Waals surface area (Å²) in [5, 5.41) is 2.95. The van der Waals surface area contributed by atoms with E-state index >= 15 is 0 Å². The van der Waals surface area contributed by atoms with Gasteiger partial charge in [0.1, 0.15) is 6.04 Å². The van der Waals surface area contributed by atoms with Crippen molar-refractivity contribution in [1.29, 1.82) is 0 Å². The van der Waals surface area contributed by atoms with Gasteiger partial charge in [0, 0.05) is 25.7 Å². The highest BCUT2D eigenvalue weighted by molar-refractivity contribution is 7.88. The fraction of sp³-hybridized carbons (Fsp3) is 0.933. The average Bonchev–Trinajstić information content (AvgIpc) is 2.94. The van der Waals surface area contributed by atoms with Gasteiger partial charge in [0.2, 0.25) is 15.9 Å². The molecular weight excluding hydrogens is 302 g/mol. The van der Waals surface area contributed by atoms with Gasteiger partial charge in [0.15, 0.2) is 0 Å². The molecule has 1 amide bonds. The maximum absolute atomic E-state index is 12.3. The number of carbonyl (C=O) groups is 1. The lowest BCUT2D eigenvalue weighted by molar-refractivity contribution is -0.124. The van der Waals surface area contributed by atoms with E-state index in [9.17, 15) is 13.2 Å². The zero-order chi connectivity index (χ0) is 16.3. The molecule has 0 unspecified atom stereocenters. The lowest BCUT2D eigenvalue weighted by Gasteiger charge is -2.35. The van der Waals surface area contributed by atoms with Crippen molar-refractivity contribution < 1.29 is 13.2 Å². The predicted octanol–water partition coefficient (Wildman–Crippen LogP) is 0.647. The van der Waals surface area contributed by atoms with E-state index in [0.29, 0.717) is 31.5 Å². The molecule has 0 bridgehead atoms. The molecular formula is C15H29N3O3S. The van der Waals surface area contributed by atoms with Gasteiger partial charge in [0.25, 0.3) is 0 Å². The first-order valence-electron chi connectivity index (χ1n) is 8.27. The fourth-order valence-electron chi connectivity index (χ4n) is 3.52. The lowest BCUT2D eigenvalue weighted by atomic mass is 9.99. The second-order valence-electron chi connectivity index (χ2n) is 6.87. The van der Waals surface area contributed by atoms with Crippen LogP contribution >= 0.6 is 0 Å². The molecule has 128 valence electrons. The van der Waals surface area contributed by atoms with Crippen LogP contribution < -0.4 is 5.32 Å². The van der Waals surface area contributed by atoms with Crippen molar-refractivity contribution in [3.63, 3.8) is 0 Å². The normalized spacial score (nSPS) is 29.4. The Hall–Kier alpha value is -0.660. The highest BCUT2D eigenvalue weighted by Crippen LogP contribution is 2.21. The summed E-state index contributed by atoms with van der Waals surface area (Å²) in [6, 6.07) is -0.234. The molecule has 0 saturated carbocycles. The van der Waals surface area contributed by atoms with Gasteiger partial charge in [-0.2, -0.15) is 4.31 Å². The molecule has 0 aromatic heterocycles. The number of hydrogen-bond donors (Lipinski definition) is 1. The molecule has 0 spiro atoms. The lowest BCUT2D eigenvalue weighted by Crippen LogP contribution is -2.50. The molecule has 6 nitrogen and oxygen atoms in total. The Morgan fingerprint density at radius 3 is 2.59 bits per heavy atom. The minimum absolute atomic E-state index is 0.153. The zero-order valence-electron chi connectivity index (χ0n) is 13.9. The molecule has 2 aliphatic heterocycles. The molecule has 22 heavy (non-hydrogen) atoms. The van der Waals surface area contributed by atoms with Crippen molar-refractivity contribution in [3.05, 3.63) is 0 Å². The van der Waals surface area contributed by atoms with Crippen LogP contribution in [0.15, 0.2) is 0 Å². The Bertz CT molecular complexity index is 494. The Morgan fingerprint density at radius 1 is 1.27 bits per heavy atom. The first-order chi connectivity index (χ1) is 10.3. The Morgan fingerprint density at radius 2 is 1.95 bits per heavy atom. The van der Waals surface area contributed by atoms with E-state index in [2.05, 4.69) is 24.1 Å². The minimum Gasteiger partial charge on any atom is -0.353 e. The molecule has 2 heterocycles. The largest absolute Gasteiger partial charge is 0.353 e. The third-order valence-electron chi connectivity index (χ3n) is 4.82. The summed E-state index contributed by atoms with van der Waals surface area (Å²) < 4.78 is 24.7. The van der Waals surface area contributed by atoms with E-state index in [1.165, 1.54) is 23.4 Å². The quantitative estimate of drug-likeness (QED) is 0.803. The van der Waals surface area contributed by atoms with Crippen molar-refractivity contribution in [3.8, 4) is 0 Å². The van der Waals surface area contributed by atoms with Gasteiger partial charge in [-0.3, -0.25) is 9.69 Å². The van der Waals surface area contributed by atoms with Crippen molar-refractivity contribution >= 4 is 15.9 Å². The summed E-state index contributed by atoms with van der Waals surface area (Å²) in [7, 11) is -3.30. The highest BCUT2D eigenvalue weighted by Gasteiger charge is 2.36. The van der Waals surface area contributed by atoms with Crippen LogP contribution in [0.5, 0.6) is 0 Å². The van der Waals surface area contributed by atoms with E-state index in [0.717, 1.165) is 19.5 Å². The van der Waals surface area contributed by atoms with Crippen molar-refractivity contribution in [2.45, 2.75) is 51.6 Å². The third kappa shape index (κ3) is 4.43. The van der Waals surface area contributed by atoms with Gasteiger partial charge in [-0.15, -0.1) is 0 Å². The number of hydrogen-bond acceptors (Lipinski definition) is 4. The van der Waals surface area contributed by atoms with Gasteiger partial charge in [-0.05, 0) is 45.1 Å². The van der Waals surface area contributed by atoms with Crippen molar-refractivity contribution in [2.75, 3.05) is 32.4 Å². The van der Waals surface area contributed by atoms with E-state index < -0.39 is 16.1 Å². The van der Waals surface area contributed by atoms with Gasteiger partial charge in [0.05, 0.1) is 6.26 Å². The topological polar surface area (TPSA) is 69.7 Å². The smallest absolute Gasteiger partial charge is 0.238 e. The molecule has 2 fully saturated rings. The highest BCUT2D eigenvalue weighted by atomic mass is 32.2. The molecule has 7 heteroatoms. The summed E-state index contributed by atoms with van der Waals surface area (Å²) in [5.74, 6) is 0.558. The van der Waals surface area contributed by atoms with Crippen LogP contribution in [0, 0.1) is 5.92 Å². The predicted molar refractivity (Wildman–Crippen MR) is 87.0 cm³/mol. The van der Waals surface area contributed by atoms with E-state index in [1.807, 2.05) is 0 Å². The standard InChI is InChI=1S/C15H29N3O3S/c1-12-6-4-8-17(11-12)13(2)10-16-15(19)14-7-5-9-18(14)22(3,20)21/h12-14H,4-11H2,1-3H3,(H,16,19)/t12-,13+,14-/m1/s1. The number of rotatable bonds is 5. The minimum atomic E-state index is -3.30. The number of nitrogens with one attached hydrogen (secondary N) is 1. The van der Waals surface area contributed by atoms with Crippen LogP contribution in [0.1, 0.15) is 39.5 Å². The Labute approximate surface area is 134 Å². The maximum atomic E-state index is 12.3. The molecule has 0 aromatic rings. The molecule has 2 rings (SSSR count). The van der Waals surface area contributed by atoms with Crippen LogP contribution in [0.25, 0.3) is 0 Å². The monoisotopic (exact) mass is 331 g/mol. The SMILES string of the molecule is C[C@@H]1CCCN([C@@H](C)CNC(=O)[C@H]2CCCN2S(C)(=O)=O)C1. The van der Waals surface area contributed by atoms with E-state index in [4.69, 9.17) is 0 Å². The fourth-order valence-corrected chi connectivity index (χ4v) is 4.64. The van der Waals surface area contributed by atoms with Crippen molar-refractivity contribution in [1.82, 2.24) is 14.5 Å². The van der Waals surface area contributed by atoms with Gasteiger partial charge < -0.3 is 5.32 Å². The first-order valence-corrected chi connectivity index (χ1v) is 10.1. The number of nitrogens with zero attached hydrogens (tertiary/aromatic N) is 2. The Kier molecular flexibility index (Phi) is 5.85. The number of carbonyl (C=O) groups excluding carboxylic acids is 1. The average molecular weight is 331 g/mol. The molecule has 2 saturated heterocycles. The summed E-state index contributed by atoms with van der Waals surface area (Å²) >= 11 is 0. The maximum Gasteiger partial charge on any atom is 0.238 e. The molecule has 3 atom stereocenters. The number of amides is 1. The van der Waals surface area contributed by atoms with Crippen molar-refractivity contribution in [2.24, 2.45) is 5.92 Å².